The number of phosphoric acid groups is 1. The first kappa shape index (κ1) is 22.0. The monoisotopic (exact) mass is 456 g/mol. The van der Waals surface area contributed by atoms with Crippen LogP contribution in [0.3, 0.4) is 0 Å². The first-order valence-corrected chi connectivity index (χ1v) is 10.9. The maximum atomic E-state index is 11.9. The molecule has 2 aromatic rings. The topological polar surface area (TPSA) is 258 Å². The number of imidazole rings is 1. The van der Waals surface area contributed by atoms with Crippen LogP contribution in [-0.4, -0.2) is 63.9 Å². The molecule has 18 heteroatoms. The number of H-pyrrole nitrogens is 1. The fourth-order valence-corrected chi connectivity index (χ4v) is 4.57. The van der Waals surface area contributed by atoms with Crippen molar-refractivity contribution in [1.82, 2.24) is 19.5 Å². The minimum absolute atomic E-state index is 0.0420. The van der Waals surface area contributed by atoms with E-state index < -0.39 is 51.8 Å². The van der Waals surface area contributed by atoms with Gasteiger partial charge in [-0.25, -0.2) is 19.6 Å². The molecule has 0 aliphatic carbocycles. The molecule has 2 aromatic heterocycles. The van der Waals surface area contributed by atoms with Crippen LogP contribution in [0, 0.1) is 0 Å². The number of aromatic nitrogens is 4. The lowest BCUT2D eigenvalue weighted by Crippen LogP contribution is -2.44. The van der Waals surface area contributed by atoms with Gasteiger partial charge in [-0.2, -0.15) is 9.29 Å². The van der Waals surface area contributed by atoms with E-state index in [1.807, 2.05) is 0 Å². The zero-order valence-electron chi connectivity index (χ0n) is 14.6. The van der Waals surface area contributed by atoms with Gasteiger partial charge in [0.25, 0.3) is 5.56 Å². The Kier molecular flexibility index (Phi) is 5.47. The normalized spacial score (nSPS) is 29.9. The van der Waals surface area contributed by atoms with Crippen molar-refractivity contribution in [3.63, 3.8) is 0 Å². The first-order chi connectivity index (χ1) is 13.2. The van der Waals surface area contributed by atoms with Crippen LogP contribution in [0.25, 0.3) is 11.2 Å². The summed E-state index contributed by atoms with van der Waals surface area (Å²) in [6.45, 7) is 0.448. The first-order valence-electron chi connectivity index (χ1n) is 7.79. The van der Waals surface area contributed by atoms with Crippen LogP contribution < -0.4 is 16.8 Å². The van der Waals surface area contributed by atoms with Crippen LogP contribution >= 0.6 is 15.6 Å². The lowest BCUT2D eigenvalue weighted by Gasteiger charge is -2.27. The molecule has 16 nitrogen and oxygen atoms in total. The maximum absolute atomic E-state index is 11.9. The zero-order valence-corrected chi connectivity index (χ0v) is 16.4. The number of nitrogens with one attached hydrogen (secondary N) is 1. The summed E-state index contributed by atoms with van der Waals surface area (Å²) in [7, 11) is -9.90. The van der Waals surface area contributed by atoms with Gasteiger partial charge in [-0.1, -0.05) is 0 Å². The molecule has 0 spiro atoms. The van der Waals surface area contributed by atoms with Gasteiger partial charge in [0.2, 0.25) is 5.95 Å². The molecule has 9 N–H and O–H groups in total. The quantitative estimate of drug-likeness (QED) is 0.230. The van der Waals surface area contributed by atoms with Crippen molar-refractivity contribution in [1.29, 1.82) is 0 Å². The number of aromatic amines is 1. The van der Waals surface area contributed by atoms with E-state index in [2.05, 4.69) is 23.8 Å². The number of nitrogens with zero attached hydrogens (tertiary/aromatic N) is 3. The Balaban J connectivity index is 1.85. The number of nitrogen functional groups attached to an aromatic ring is 1. The second-order valence-corrected chi connectivity index (χ2v) is 9.35. The van der Waals surface area contributed by atoms with E-state index >= 15 is 0 Å². The Morgan fingerprint density at radius 3 is 2.72 bits per heavy atom. The van der Waals surface area contributed by atoms with Crippen molar-refractivity contribution in [2.75, 3.05) is 12.3 Å². The molecule has 0 bridgehead atoms. The van der Waals surface area contributed by atoms with E-state index in [4.69, 9.17) is 25.8 Å². The van der Waals surface area contributed by atoms with E-state index in [-0.39, 0.29) is 17.1 Å². The smallest absolute Gasteiger partial charge is 0.387 e. The number of hydrogen-bond donors (Lipinski definition) is 7. The van der Waals surface area contributed by atoms with Crippen LogP contribution in [0.15, 0.2) is 11.1 Å². The second kappa shape index (κ2) is 7.21. The Labute approximate surface area is 161 Å². The maximum Gasteiger partial charge on any atom is 0.477 e. The molecule has 0 saturated carbocycles. The average Bonchev–Trinajstić information content (AvgIpc) is 3.04. The highest BCUT2D eigenvalue weighted by atomic mass is 31.3. The van der Waals surface area contributed by atoms with Crippen LogP contribution in [-0.2, 0) is 22.7 Å². The zero-order chi connectivity index (χ0) is 21.8. The standard InChI is InChI=1S/C11H18N6O10P2/c1-11(20)6(18)4(2-25-28(13,21)27-29(22,23)24)26-9(11)17-3-14-5-7(17)15-10(12)16-8(5)19/h3-4,6,9,18,20H,2H2,1H3,(H2,13,21)(H2,22,23,24)(H3,12,15,16,19). The Bertz CT molecular complexity index is 1080. The number of aliphatic hydroxyl groups excluding tert-OH is 1. The molecule has 1 aliphatic heterocycles. The number of rotatable bonds is 6. The van der Waals surface area contributed by atoms with Gasteiger partial charge in [-0.15, -0.1) is 0 Å². The summed E-state index contributed by atoms with van der Waals surface area (Å²) in [6.07, 6.45) is -3.21. The van der Waals surface area contributed by atoms with Gasteiger partial charge >= 0.3 is 15.6 Å². The van der Waals surface area contributed by atoms with E-state index in [0.29, 0.717) is 0 Å². The number of anilines is 1. The molecular weight excluding hydrogens is 438 g/mol. The highest BCUT2D eigenvalue weighted by Crippen LogP contribution is 2.55. The van der Waals surface area contributed by atoms with E-state index in [0.717, 1.165) is 10.9 Å². The van der Waals surface area contributed by atoms with Crippen molar-refractivity contribution in [2.45, 2.75) is 31.0 Å². The number of hydrogen-bond acceptors (Lipinski definition) is 11. The van der Waals surface area contributed by atoms with E-state index in [9.17, 15) is 24.1 Å². The summed E-state index contributed by atoms with van der Waals surface area (Å²) in [5.74, 6) is -0.221. The predicted molar refractivity (Wildman–Crippen MR) is 94.0 cm³/mol. The van der Waals surface area contributed by atoms with Gasteiger partial charge < -0.3 is 30.5 Å². The van der Waals surface area contributed by atoms with Crippen LogP contribution in [0.1, 0.15) is 13.2 Å². The summed E-state index contributed by atoms with van der Waals surface area (Å²) in [4.78, 5) is 39.3. The summed E-state index contributed by atoms with van der Waals surface area (Å²) >= 11 is 0. The average molecular weight is 456 g/mol. The molecule has 1 fully saturated rings. The fraction of sp³-hybridized carbons (Fsp3) is 0.545. The molecule has 3 rings (SSSR count). The number of ether oxygens (including phenoxy) is 1. The van der Waals surface area contributed by atoms with Crippen LogP contribution in [0.2, 0.25) is 0 Å². The number of fused-ring (bicyclic) bond motifs is 1. The summed E-state index contributed by atoms with van der Waals surface area (Å²) in [6, 6.07) is 0. The van der Waals surface area contributed by atoms with Crippen molar-refractivity contribution in [2.24, 2.45) is 5.50 Å². The fourth-order valence-electron chi connectivity index (χ4n) is 2.84. The van der Waals surface area contributed by atoms with Crippen LogP contribution in [0.5, 0.6) is 0 Å². The lowest BCUT2D eigenvalue weighted by molar-refractivity contribution is -0.0948. The number of nitrogens with two attached hydrogens (primary N) is 2. The molecule has 5 atom stereocenters. The molecule has 29 heavy (non-hydrogen) atoms. The largest absolute Gasteiger partial charge is 0.477 e. The second-order valence-electron chi connectivity index (χ2n) is 6.38. The van der Waals surface area contributed by atoms with Crippen LogP contribution in [0.4, 0.5) is 5.95 Å². The third-order valence-electron chi connectivity index (χ3n) is 4.10. The van der Waals surface area contributed by atoms with Gasteiger partial charge in [-0.3, -0.25) is 18.9 Å². The van der Waals surface area contributed by atoms with Gasteiger partial charge in [-0.05, 0) is 6.92 Å². The molecule has 3 heterocycles. The summed E-state index contributed by atoms with van der Waals surface area (Å²) in [5.41, 5.74) is 7.83. The lowest BCUT2D eigenvalue weighted by atomic mass is 9.96. The third kappa shape index (κ3) is 4.41. The van der Waals surface area contributed by atoms with Crippen molar-refractivity contribution >= 4 is 32.7 Å². The summed E-state index contributed by atoms with van der Waals surface area (Å²) < 4.78 is 37.7. The van der Waals surface area contributed by atoms with Crippen molar-refractivity contribution < 1.29 is 42.7 Å². The highest BCUT2D eigenvalue weighted by molar-refractivity contribution is 7.62. The van der Waals surface area contributed by atoms with Gasteiger partial charge in [0.1, 0.15) is 17.8 Å². The molecule has 0 radical (unpaired) electrons. The van der Waals surface area contributed by atoms with Gasteiger partial charge in [0.15, 0.2) is 17.4 Å². The summed E-state index contributed by atoms with van der Waals surface area (Å²) in [5, 5.41) is 21.1. The van der Waals surface area contributed by atoms with Gasteiger partial charge in [0, 0.05) is 0 Å². The molecule has 162 valence electrons. The molecule has 0 amide bonds. The van der Waals surface area contributed by atoms with Crippen molar-refractivity contribution in [3.05, 3.63) is 16.7 Å². The molecular formula is C11H18N6O10P2. The molecule has 5 unspecified atom stereocenters. The minimum Gasteiger partial charge on any atom is -0.387 e. The Morgan fingerprint density at radius 1 is 1.45 bits per heavy atom. The molecule has 0 aromatic carbocycles. The molecule has 1 saturated heterocycles. The predicted octanol–water partition coefficient (Wildman–Crippen LogP) is -2.10. The highest BCUT2D eigenvalue weighted by Gasteiger charge is 2.54. The Morgan fingerprint density at radius 2 is 2.10 bits per heavy atom. The SMILES string of the molecule is CC1(O)C(O)C(COP(N)(=O)OP(=O)(O)O)OC1n1cnc2c(=O)[nH]c(N)nc21. The third-order valence-corrected chi connectivity index (χ3v) is 6.37. The van der Waals surface area contributed by atoms with E-state index in [1.165, 1.54) is 6.92 Å². The van der Waals surface area contributed by atoms with E-state index in [1.54, 1.807) is 0 Å². The minimum atomic E-state index is -5.21. The molecule has 1 aliphatic rings. The Hall–Kier alpha value is -1.71. The van der Waals surface area contributed by atoms with Gasteiger partial charge in [0.05, 0.1) is 12.9 Å². The van der Waals surface area contributed by atoms with Crippen molar-refractivity contribution in [3.8, 4) is 0 Å². The number of aliphatic hydroxyl groups is 2.